The Morgan fingerprint density at radius 3 is 2.10 bits per heavy atom. The zero-order valence-corrected chi connectivity index (χ0v) is 10.4. The van der Waals surface area contributed by atoms with Crippen molar-refractivity contribution >= 4 is 5.69 Å². The summed E-state index contributed by atoms with van der Waals surface area (Å²) < 4.78 is 71.7. The van der Waals surface area contributed by atoms with Crippen LogP contribution in [-0.4, -0.2) is 6.61 Å². The number of fused-ring (bicyclic) bond motifs is 1. The highest BCUT2D eigenvalue weighted by Crippen LogP contribution is 2.36. The number of anilines is 1. The van der Waals surface area contributed by atoms with Gasteiger partial charge in [0.25, 0.3) is 0 Å². The average Bonchev–Trinajstić information content (AvgIpc) is 2.91. The fourth-order valence-corrected chi connectivity index (χ4v) is 2.19. The molecule has 0 aliphatic carbocycles. The monoisotopic (exact) mass is 301 g/mol. The van der Waals surface area contributed by atoms with Crippen molar-refractivity contribution in [3.63, 3.8) is 0 Å². The number of rotatable bonds is 2. The van der Waals surface area contributed by atoms with E-state index < -0.39 is 40.8 Å². The second-order valence-electron chi connectivity index (χ2n) is 4.49. The number of hydrogen-bond acceptors (Lipinski definition) is 2. The van der Waals surface area contributed by atoms with Crippen molar-refractivity contribution in [2.45, 2.75) is 6.04 Å². The van der Waals surface area contributed by atoms with Crippen LogP contribution in [-0.2, 0) is 0 Å². The van der Waals surface area contributed by atoms with Gasteiger partial charge in [0.1, 0.15) is 18.0 Å². The minimum Gasteiger partial charge on any atom is -0.491 e. The van der Waals surface area contributed by atoms with Gasteiger partial charge in [-0.3, -0.25) is 0 Å². The van der Waals surface area contributed by atoms with E-state index in [0.717, 1.165) is 0 Å². The second kappa shape index (κ2) is 4.91. The van der Waals surface area contributed by atoms with E-state index in [2.05, 4.69) is 5.32 Å². The highest BCUT2D eigenvalue weighted by atomic mass is 19.2. The highest BCUT2D eigenvalue weighted by Gasteiger charge is 2.30. The summed E-state index contributed by atoms with van der Waals surface area (Å²) in [6.45, 7) is 0.0266. The van der Waals surface area contributed by atoms with Crippen LogP contribution < -0.4 is 10.1 Å². The molecule has 1 unspecified atom stereocenters. The molecular weight excluding hydrogens is 293 g/mol. The molecule has 2 aromatic carbocycles. The molecule has 0 bridgehead atoms. The predicted molar refractivity (Wildman–Crippen MR) is 64.5 cm³/mol. The molecule has 110 valence electrons. The summed E-state index contributed by atoms with van der Waals surface area (Å²) >= 11 is 0. The molecule has 2 nitrogen and oxygen atoms in total. The lowest BCUT2D eigenvalue weighted by Gasteiger charge is -2.15. The van der Waals surface area contributed by atoms with Crippen molar-refractivity contribution in [2.24, 2.45) is 0 Å². The van der Waals surface area contributed by atoms with Gasteiger partial charge in [0.15, 0.2) is 23.3 Å². The Bertz CT molecular complexity index is 690. The Balaban J connectivity index is 2.01. The van der Waals surface area contributed by atoms with Crippen LogP contribution in [0.3, 0.4) is 0 Å². The first-order chi connectivity index (χ1) is 10.0. The summed E-state index contributed by atoms with van der Waals surface area (Å²) in [5.74, 6) is -9.43. The highest BCUT2D eigenvalue weighted by molar-refractivity contribution is 5.52. The van der Waals surface area contributed by atoms with Gasteiger partial charge in [0.2, 0.25) is 5.82 Å². The quantitative estimate of drug-likeness (QED) is 0.515. The molecule has 1 atom stereocenters. The lowest BCUT2D eigenvalue weighted by atomic mass is 10.1. The first-order valence-electron chi connectivity index (χ1n) is 6.00. The zero-order chi connectivity index (χ0) is 15.1. The summed E-state index contributed by atoms with van der Waals surface area (Å²) in [4.78, 5) is 0. The van der Waals surface area contributed by atoms with Gasteiger partial charge in [-0.1, -0.05) is 18.2 Å². The normalized spacial score (nSPS) is 16.5. The molecule has 1 N–H and O–H groups in total. The summed E-state index contributed by atoms with van der Waals surface area (Å²) in [5.41, 5.74) is -0.474. The first-order valence-corrected chi connectivity index (χ1v) is 6.00. The SMILES string of the molecule is Fc1c(F)c(F)c(NC2COc3ccccc32)c(F)c1F. The topological polar surface area (TPSA) is 21.3 Å². The molecular formula is C14H8F5NO. The average molecular weight is 301 g/mol. The maximum atomic E-state index is 13.6. The molecule has 21 heavy (non-hydrogen) atoms. The van der Waals surface area contributed by atoms with E-state index in [1.165, 1.54) is 0 Å². The fourth-order valence-electron chi connectivity index (χ4n) is 2.19. The summed E-state index contributed by atoms with van der Waals surface area (Å²) in [7, 11) is 0. The van der Waals surface area contributed by atoms with Gasteiger partial charge in [0.05, 0.1) is 6.04 Å². The molecule has 3 rings (SSSR count). The minimum absolute atomic E-state index is 0.0266. The molecule has 0 spiro atoms. The van der Waals surface area contributed by atoms with Crippen LogP contribution in [0, 0.1) is 29.1 Å². The molecule has 0 fully saturated rings. The van der Waals surface area contributed by atoms with Crippen molar-refractivity contribution < 1.29 is 26.7 Å². The summed E-state index contributed by atoms with van der Waals surface area (Å²) in [5, 5.41) is 2.32. The van der Waals surface area contributed by atoms with Gasteiger partial charge in [-0.2, -0.15) is 0 Å². The summed E-state index contributed by atoms with van der Waals surface area (Å²) in [6, 6.07) is 5.98. The Kier molecular flexibility index (Phi) is 3.19. The van der Waals surface area contributed by atoms with E-state index in [1.54, 1.807) is 24.3 Å². The molecule has 1 heterocycles. The number of nitrogens with one attached hydrogen (secondary N) is 1. The third kappa shape index (κ3) is 2.09. The van der Waals surface area contributed by atoms with Gasteiger partial charge >= 0.3 is 0 Å². The second-order valence-corrected chi connectivity index (χ2v) is 4.49. The van der Waals surface area contributed by atoms with Crippen LogP contribution in [0.15, 0.2) is 24.3 Å². The molecule has 0 saturated carbocycles. The molecule has 2 aromatic rings. The van der Waals surface area contributed by atoms with Gasteiger partial charge < -0.3 is 10.1 Å². The predicted octanol–water partition coefficient (Wildman–Crippen LogP) is 3.93. The molecule has 1 aliphatic heterocycles. The van der Waals surface area contributed by atoms with Crippen LogP contribution in [0.5, 0.6) is 5.75 Å². The number of ether oxygens (including phenoxy) is 1. The molecule has 7 heteroatoms. The van der Waals surface area contributed by atoms with Crippen LogP contribution >= 0.6 is 0 Å². The summed E-state index contributed by atoms with van der Waals surface area (Å²) in [6.07, 6.45) is 0. The van der Waals surface area contributed by atoms with Crippen molar-refractivity contribution in [1.82, 2.24) is 0 Å². The maximum Gasteiger partial charge on any atom is 0.200 e. The molecule has 0 amide bonds. The smallest absolute Gasteiger partial charge is 0.200 e. The Labute approximate surface area is 116 Å². The van der Waals surface area contributed by atoms with Crippen LogP contribution in [0.25, 0.3) is 0 Å². The van der Waals surface area contributed by atoms with Crippen molar-refractivity contribution in [3.8, 4) is 5.75 Å². The van der Waals surface area contributed by atoms with Gasteiger partial charge in [-0.25, -0.2) is 22.0 Å². The third-order valence-electron chi connectivity index (χ3n) is 3.23. The van der Waals surface area contributed by atoms with Crippen molar-refractivity contribution in [2.75, 3.05) is 11.9 Å². The van der Waals surface area contributed by atoms with Crippen molar-refractivity contribution in [3.05, 3.63) is 58.9 Å². The number of hydrogen-bond donors (Lipinski definition) is 1. The van der Waals surface area contributed by atoms with E-state index >= 15 is 0 Å². The number of benzene rings is 2. The minimum atomic E-state index is -2.18. The van der Waals surface area contributed by atoms with Gasteiger partial charge in [-0.15, -0.1) is 0 Å². The Hall–Kier alpha value is -2.31. The molecule has 0 saturated heterocycles. The fraction of sp³-hybridized carbons (Fsp3) is 0.143. The van der Waals surface area contributed by atoms with Gasteiger partial charge in [0, 0.05) is 5.56 Å². The van der Waals surface area contributed by atoms with Crippen molar-refractivity contribution in [1.29, 1.82) is 0 Å². The Morgan fingerprint density at radius 1 is 0.857 bits per heavy atom. The number of halogens is 5. The standard InChI is InChI=1S/C14H8F5NO/c15-9-10(16)12(18)14(13(19)11(9)17)20-7-5-21-8-4-2-1-3-6(7)8/h1-4,7,20H,5H2. The van der Waals surface area contributed by atoms with Gasteiger partial charge in [-0.05, 0) is 6.07 Å². The zero-order valence-electron chi connectivity index (χ0n) is 10.4. The van der Waals surface area contributed by atoms with E-state index in [4.69, 9.17) is 4.74 Å². The lowest BCUT2D eigenvalue weighted by Crippen LogP contribution is -2.16. The van der Waals surface area contributed by atoms with Crippen LogP contribution in [0.4, 0.5) is 27.6 Å². The largest absolute Gasteiger partial charge is 0.491 e. The van der Waals surface area contributed by atoms with E-state index in [9.17, 15) is 22.0 Å². The van der Waals surface area contributed by atoms with E-state index in [-0.39, 0.29) is 6.61 Å². The van der Waals surface area contributed by atoms with E-state index in [1.807, 2.05) is 0 Å². The molecule has 0 aromatic heterocycles. The molecule has 0 radical (unpaired) electrons. The lowest BCUT2D eigenvalue weighted by molar-refractivity contribution is 0.337. The molecule has 1 aliphatic rings. The van der Waals surface area contributed by atoms with Crippen LogP contribution in [0.2, 0.25) is 0 Å². The first kappa shape index (κ1) is 13.7. The third-order valence-corrected chi connectivity index (χ3v) is 3.23. The Morgan fingerprint density at radius 2 is 1.43 bits per heavy atom. The maximum absolute atomic E-state index is 13.6. The number of para-hydroxylation sites is 1. The van der Waals surface area contributed by atoms with E-state index in [0.29, 0.717) is 11.3 Å². The van der Waals surface area contributed by atoms with Crippen LogP contribution in [0.1, 0.15) is 11.6 Å².